The molecule has 0 unspecified atom stereocenters. The molecule has 0 atom stereocenters. The van der Waals surface area contributed by atoms with E-state index >= 15 is 0 Å². The summed E-state index contributed by atoms with van der Waals surface area (Å²) in [5.41, 5.74) is 0.963. The van der Waals surface area contributed by atoms with Gasteiger partial charge in [-0.25, -0.2) is 8.42 Å². The Labute approximate surface area is 113 Å². The van der Waals surface area contributed by atoms with Crippen LogP contribution in [0, 0.1) is 6.92 Å². The summed E-state index contributed by atoms with van der Waals surface area (Å²) in [5.74, 6) is -0.617. The Morgan fingerprint density at radius 2 is 1.95 bits per heavy atom. The van der Waals surface area contributed by atoms with Crippen molar-refractivity contribution in [1.29, 1.82) is 0 Å². The average molecular weight is 283 g/mol. The minimum atomic E-state index is -3.67. The molecule has 0 aliphatic heterocycles. The molecule has 6 heteroatoms. The predicted molar refractivity (Wildman–Crippen MR) is 72.1 cm³/mol. The van der Waals surface area contributed by atoms with Gasteiger partial charge in [0.1, 0.15) is 13.2 Å². The lowest BCUT2D eigenvalue weighted by atomic mass is 10.2. The summed E-state index contributed by atoms with van der Waals surface area (Å²) in [5, 5.41) is 0. The highest BCUT2D eigenvalue weighted by Crippen LogP contribution is 2.09. The smallest absolute Gasteiger partial charge is 0.321 e. The minimum Gasteiger partial charge on any atom is -0.460 e. The van der Waals surface area contributed by atoms with Crippen molar-refractivity contribution in [2.45, 2.75) is 18.7 Å². The number of hydrogen-bond acceptors (Lipinski definition) is 4. The molecule has 0 heterocycles. The van der Waals surface area contributed by atoms with E-state index in [1.54, 1.807) is 31.2 Å². The van der Waals surface area contributed by atoms with Crippen molar-refractivity contribution in [3.05, 3.63) is 42.0 Å². The third-order valence-corrected chi connectivity index (χ3v) is 3.73. The molecule has 0 amide bonds. The maximum absolute atomic E-state index is 11.8. The second kappa shape index (κ2) is 7.06. The van der Waals surface area contributed by atoms with Gasteiger partial charge in [0, 0.05) is 0 Å². The number of rotatable bonds is 6. The fourth-order valence-electron chi connectivity index (χ4n) is 1.24. The Kier molecular flexibility index (Phi) is 5.72. The van der Waals surface area contributed by atoms with Crippen LogP contribution >= 0.6 is 0 Å². The van der Waals surface area contributed by atoms with Crippen molar-refractivity contribution in [1.82, 2.24) is 4.72 Å². The number of sulfonamides is 1. The third kappa shape index (κ3) is 5.23. The van der Waals surface area contributed by atoms with E-state index in [0.29, 0.717) is 0 Å². The molecule has 1 aromatic rings. The maximum Gasteiger partial charge on any atom is 0.321 e. The predicted octanol–water partition coefficient (Wildman–Crippen LogP) is 1.39. The van der Waals surface area contributed by atoms with E-state index in [1.165, 1.54) is 12.1 Å². The standard InChI is InChI=1S/C13H17NO4S/c1-3-4-9-18-13(15)10-14-19(16,17)12-7-5-11(2)6-8-12/h3-8,14H,9-10H2,1-2H3/b4-3+. The number of benzene rings is 1. The summed E-state index contributed by atoms with van der Waals surface area (Å²) in [6.45, 7) is 3.42. The van der Waals surface area contributed by atoms with Gasteiger partial charge in [0.2, 0.25) is 10.0 Å². The van der Waals surface area contributed by atoms with Crippen molar-refractivity contribution < 1.29 is 17.9 Å². The molecule has 0 spiro atoms. The summed E-state index contributed by atoms with van der Waals surface area (Å²) in [6, 6.07) is 6.36. The van der Waals surface area contributed by atoms with Crippen LogP contribution < -0.4 is 4.72 Å². The summed E-state index contributed by atoms with van der Waals surface area (Å²) in [7, 11) is -3.67. The van der Waals surface area contributed by atoms with Crippen LogP contribution in [-0.4, -0.2) is 27.5 Å². The zero-order chi connectivity index (χ0) is 14.3. The van der Waals surface area contributed by atoms with Crippen LogP contribution in [0.1, 0.15) is 12.5 Å². The van der Waals surface area contributed by atoms with E-state index in [9.17, 15) is 13.2 Å². The molecule has 1 rings (SSSR count). The summed E-state index contributed by atoms with van der Waals surface area (Å²) < 4.78 is 30.7. The number of aryl methyl sites for hydroxylation is 1. The molecule has 0 aliphatic carbocycles. The molecule has 0 radical (unpaired) electrons. The van der Waals surface area contributed by atoms with E-state index < -0.39 is 16.0 Å². The molecule has 0 aromatic heterocycles. The van der Waals surface area contributed by atoms with Crippen LogP contribution in [0.4, 0.5) is 0 Å². The zero-order valence-electron chi connectivity index (χ0n) is 10.9. The average Bonchev–Trinajstić information content (AvgIpc) is 2.37. The summed E-state index contributed by atoms with van der Waals surface area (Å²) >= 11 is 0. The summed E-state index contributed by atoms with van der Waals surface area (Å²) in [6.07, 6.45) is 3.40. The quantitative estimate of drug-likeness (QED) is 0.632. The van der Waals surface area contributed by atoms with E-state index in [4.69, 9.17) is 4.74 Å². The van der Waals surface area contributed by atoms with Crippen LogP contribution in [-0.2, 0) is 19.6 Å². The van der Waals surface area contributed by atoms with Crippen LogP contribution in [0.2, 0.25) is 0 Å². The summed E-state index contributed by atoms with van der Waals surface area (Å²) in [4.78, 5) is 11.4. The van der Waals surface area contributed by atoms with E-state index in [1.807, 2.05) is 6.92 Å². The number of esters is 1. The molecule has 1 N–H and O–H groups in total. The SMILES string of the molecule is C/C=C/COC(=O)CNS(=O)(=O)c1ccc(C)cc1. The van der Waals surface area contributed by atoms with Crippen molar-refractivity contribution in [3.63, 3.8) is 0 Å². The Morgan fingerprint density at radius 3 is 2.53 bits per heavy atom. The van der Waals surface area contributed by atoms with E-state index in [-0.39, 0.29) is 18.0 Å². The zero-order valence-corrected chi connectivity index (χ0v) is 11.7. The first kappa shape index (κ1) is 15.4. The van der Waals surface area contributed by atoms with Crippen molar-refractivity contribution in [2.24, 2.45) is 0 Å². The van der Waals surface area contributed by atoms with Gasteiger partial charge in [0.15, 0.2) is 0 Å². The largest absolute Gasteiger partial charge is 0.460 e. The molecule has 0 saturated heterocycles. The van der Waals surface area contributed by atoms with Crippen LogP contribution in [0.3, 0.4) is 0 Å². The second-order valence-electron chi connectivity index (χ2n) is 3.89. The minimum absolute atomic E-state index is 0.124. The van der Waals surface area contributed by atoms with Crippen molar-refractivity contribution in [2.75, 3.05) is 13.2 Å². The highest BCUT2D eigenvalue weighted by atomic mass is 32.2. The Morgan fingerprint density at radius 1 is 1.32 bits per heavy atom. The molecule has 0 aliphatic rings. The lowest BCUT2D eigenvalue weighted by molar-refractivity contribution is -0.140. The normalized spacial score (nSPS) is 11.7. The number of ether oxygens (including phenoxy) is 1. The van der Waals surface area contributed by atoms with Gasteiger partial charge in [-0.15, -0.1) is 0 Å². The second-order valence-corrected chi connectivity index (χ2v) is 5.66. The topological polar surface area (TPSA) is 72.5 Å². The van der Waals surface area contributed by atoms with Crippen molar-refractivity contribution >= 4 is 16.0 Å². The first-order chi connectivity index (χ1) is 8.95. The van der Waals surface area contributed by atoms with Gasteiger partial charge in [-0.05, 0) is 26.0 Å². The molecule has 0 bridgehead atoms. The van der Waals surface area contributed by atoms with Crippen molar-refractivity contribution in [3.8, 4) is 0 Å². The molecule has 19 heavy (non-hydrogen) atoms. The fourth-order valence-corrected chi connectivity index (χ4v) is 2.21. The lowest BCUT2D eigenvalue weighted by Crippen LogP contribution is -2.30. The molecule has 104 valence electrons. The van der Waals surface area contributed by atoms with Crippen LogP contribution in [0.15, 0.2) is 41.3 Å². The number of carbonyl (C=O) groups excluding carboxylic acids is 1. The van der Waals surface area contributed by atoms with Gasteiger partial charge in [0.25, 0.3) is 0 Å². The molecule has 0 saturated carbocycles. The fraction of sp³-hybridized carbons (Fsp3) is 0.308. The van der Waals surface area contributed by atoms with Gasteiger partial charge < -0.3 is 4.74 Å². The lowest BCUT2D eigenvalue weighted by Gasteiger charge is -2.06. The Bertz CT molecular complexity index is 547. The Hall–Kier alpha value is -1.66. The number of allylic oxidation sites excluding steroid dienone is 1. The molecular weight excluding hydrogens is 266 g/mol. The van der Waals surface area contributed by atoms with E-state index in [0.717, 1.165) is 5.56 Å². The van der Waals surface area contributed by atoms with Gasteiger partial charge in [-0.2, -0.15) is 4.72 Å². The molecule has 1 aromatic carbocycles. The number of hydrogen-bond donors (Lipinski definition) is 1. The van der Waals surface area contributed by atoms with Crippen LogP contribution in [0.5, 0.6) is 0 Å². The molecule has 0 fully saturated rings. The first-order valence-electron chi connectivity index (χ1n) is 5.79. The first-order valence-corrected chi connectivity index (χ1v) is 7.27. The van der Waals surface area contributed by atoms with Gasteiger partial charge >= 0.3 is 5.97 Å². The Balaban J connectivity index is 2.56. The van der Waals surface area contributed by atoms with E-state index in [2.05, 4.69) is 4.72 Å². The van der Waals surface area contributed by atoms with Gasteiger partial charge in [0.05, 0.1) is 4.90 Å². The van der Waals surface area contributed by atoms with Crippen LogP contribution in [0.25, 0.3) is 0 Å². The number of nitrogens with one attached hydrogen (secondary N) is 1. The monoisotopic (exact) mass is 283 g/mol. The maximum atomic E-state index is 11.8. The van der Waals surface area contributed by atoms with Gasteiger partial charge in [-0.3, -0.25) is 4.79 Å². The molecular formula is C13H17NO4S. The third-order valence-electron chi connectivity index (χ3n) is 2.31. The molecule has 5 nitrogen and oxygen atoms in total. The van der Waals surface area contributed by atoms with Gasteiger partial charge in [-0.1, -0.05) is 29.8 Å². The highest BCUT2D eigenvalue weighted by Gasteiger charge is 2.15. The number of carbonyl (C=O) groups is 1. The highest BCUT2D eigenvalue weighted by molar-refractivity contribution is 7.89.